The van der Waals surface area contributed by atoms with Crippen LogP contribution in [0.2, 0.25) is 0 Å². The number of benzene rings is 1. The molecule has 1 aromatic heterocycles. The van der Waals surface area contributed by atoms with E-state index in [1.807, 2.05) is 4.57 Å². The fourth-order valence-electron chi connectivity index (χ4n) is 2.15. The molecule has 1 unspecified atom stereocenters. The molecule has 0 bridgehead atoms. The largest absolute Gasteiger partial charge is 0.388 e. The molecule has 0 aliphatic heterocycles. The molecule has 1 atom stereocenters. The van der Waals surface area contributed by atoms with Crippen LogP contribution in [0, 0.1) is 5.82 Å². The van der Waals surface area contributed by atoms with E-state index >= 15 is 0 Å². The highest BCUT2D eigenvalue weighted by molar-refractivity contribution is 7.99. The summed E-state index contributed by atoms with van der Waals surface area (Å²) >= 11 is 1.39. The number of hydrogen-bond donors (Lipinski definition) is 2. The Kier molecular flexibility index (Phi) is 4.23. The van der Waals surface area contributed by atoms with Crippen molar-refractivity contribution in [1.29, 1.82) is 0 Å². The fraction of sp³-hybridized carbons (Fsp3) is 0.429. The van der Waals surface area contributed by atoms with Gasteiger partial charge in [0.2, 0.25) is 0 Å². The van der Waals surface area contributed by atoms with E-state index in [0.29, 0.717) is 28.3 Å². The van der Waals surface area contributed by atoms with Gasteiger partial charge in [-0.05, 0) is 30.5 Å². The maximum Gasteiger partial charge on any atom is 0.191 e. The van der Waals surface area contributed by atoms with Crippen LogP contribution in [0.25, 0.3) is 0 Å². The van der Waals surface area contributed by atoms with Crippen molar-refractivity contribution >= 4 is 11.8 Å². The number of hydrogen-bond acceptors (Lipinski definition) is 5. The summed E-state index contributed by atoms with van der Waals surface area (Å²) in [6.07, 6.45) is 1.44. The van der Waals surface area contributed by atoms with Gasteiger partial charge in [0.15, 0.2) is 11.0 Å². The number of aliphatic hydroxyl groups is 2. The Balaban J connectivity index is 1.67. The number of nitrogens with zero attached hydrogens (tertiary/aromatic N) is 3. The highest BCUT2D eigenvalue weighted by Gasteiger charge is 2.29. The van der Waals surface area contributed by atoms with Crippen LogP contribution in [0.3, 0.4) is 0 Å². The Morgan fingerprint density at radius 3 is 2.62 bits per heavy atom. The second-order valence-electron chi connectivity index (χ2n) is 5.04. The van der Waals surface area contributed by atoms with E-state index in [-0.39, 0.29) is 12.4 Å². The number of rotatable bonds is 6. The maximum atomic E-state index is 12.9. The lowest BCUT2D eigenvalue weighted by molar-refractivity contribution is 0.204. The zero-order valence-electron chi connectivity index (χ0n) is 11.3. The predicted molar refractivity (Wildman–Crippen MR) is 76.3 cm³/mol. The standard InChI is InChI=1S/C14H16FN3O2S/c15-10-3-1-9(2-4-10)12(20)8-21-14-17-16-13(7-19)18(14)11-5-6-11/h1-4,11-12,19-20H,5-8H2. The monoisotopic (exact) mass is 309 g/mol. The van der Waals surface area contributed by atoms with Gasteiger partial charge >= 0.3 is 0 Å². The third-order valence-corrected chi connectivity index (χ3v) is 4.43. The van der Waals surface area contributed by atoms with Crippen molar-refractivity contribution < 1.29 is 14.6 Å². The quantitative estimate of drug-likeness (QED) is 0.799. The molecule has 1 aliphatic rings. The Hall–Kier alpha value is -1.44. The van der Waals surface area contributed by atoms with Gasteiger partial charge in [-0.2, -0.15) is 0 Å². The normalized spacial score (nSPS) is 16.1. The summed E-state index contributed by atoms with van der Waals surface area (Å²) in [5.41, 5.74) is 0.670. The zero-order valence-corrected chi connectivity index (χ0v) is 12.1. The van der Waals surface area contributed by atoms with Crippen LogP contribution >= 0.6 is 11.8 Å². The molecule has 2 aromatic rings. The molecule has 1 heterocycles. The Morgan fingerprint density at radius 2 is 2.00 bits per heavy atom. The molecule has 3 rings (SSSR count). The topological polar surface area (TPSA) is 71.2 Å². The molecule has 1 aromatic carbocycles. The van der Waals surface area contributed by atoms with Gasteiger partial charge in [-0.15, -0.1) is 10.2 Å². The highest BCUT2D eigenvalue weighted by atomic mass is 32.2. The predicted octanol–water partition coefficient (Wildman–Crippen LogP) is 2.07. The van der Waals surface area contributed by atoms with Gasteiger partial charge in [0.05, 0.1) is 6.10 Å². The second kappa shape index (κ2) is 6.13. The molecular weight excluding hydrogens is 293 g/mol. The van der Waals surface area contributed by atoms with E-state index < -0.39 is 6.10 Å². The molecule has 0 spiro atoms. The summed E-state index contributed by atoms with van der Waals surface area (Å²) < 4.78 is 14.8. The number of aromatic nitrogens is 3. The first kappa shape index (κ1) is 14.5. The van der Waals surface area contributed by atoms with E-state index in [0.717, 1.165) is 12.8 Å². The minimum absolute atomic E-state index is 0.134. The van der Waals surface area contributed by atoms with Gasteiger partial charge in [0.1, 0.15) is 12.4 Å². The molecule has 21 heavy (non-hydrogen) atoms. The molecular formula is C14H16FN3O2S. The molecule has 112 valence electrons. The van der Waals surface area contributed by atoms with E-state index in [4.69, 9.17) is 0 Å². The Morgan fingerprint density at radius 1 is 1.29 bits per heavy atom. The first-order chi connectivity index (χ1) is 10.2. The van der Waals surface area contributed by atoms with Crippen LogP contribution in [-0.2, 0) is 6.61 Å². The van der Waals surface area contributed by atoms with E-state index in [2.05, 4.69) is 10.2 Å². The van der Waals surface area contributed by atoms with Crippen LogP contribution in [0.4, 0.5) is 4.39 Å². The molecule has 0 radical (unpaired) electrons. The van der Waals surface area contributed by atoms with Crippen LogP contribution in [0.1, 0.15) is 36.4 Å². The Labute approximate surface area is 125 Å². The van der Waals surface area contributed by atoms with Crippen molar-refractivity contribution in [3.8, 4) is 0 Å². The number of aliphatic hydroxyl groups excluding tert-OH is 2. The molecule has 5 nitrogen and oxygen atoms in total. The summed E-state index contributed by atoms with van der Waals surface area (Å²) in [6, 6.07) is 6.18. The van der Waals surface area contributed by atoms with Gasteiger partial charge in [0, 0.05) is 11.8 Å². The first-order valence-electron chi connectivity index (χ1n) is 6.80. The van der Waals surface area contributed by atoms with Crippen molar-refractivity contribution in [2.45, 2.75) is 36.8 Å². The third-order valence-electron chi connectivity index (χ3n) is 3.41. The van der Waals surface area contributed by atoms with Crippen LogP contribution in [-0.4, -0.2) is 30.7 Å². The lowest BCUT2D eigenvalue weighted by atomic mass is 10.1. The highest BCUT2D eigenvalue weighted by Crippen LogP contribution is 2.39. The summed E-state index contributed by atoms with van der Waals surface area (Å²) in [6.45, 7) is -0.134. The van der Waals surface area contributed by atoms with Gasteiger partial charge < -0.3 is 14.8 Å². The fourth-order valence-corrected chi connectivity index (χ4v) is 3.14. The second-order valence-corrected chi connectivity index (χ2v) is 6.02. The maximum absolute atomic E-state index is 12.9. The van der Waals surface area contributed by atoms with E-state index in [9.17, 15) is 14.6 Å². The SMILES string of the molecule is OCc1nnc(SCC(O)c2ccc(F)cc2)n1C1CC1. The van der Waals surface area contributed by atoms with Crippen molar-refractivity contribution in [2.75, 3.05) is 5.75 Å². The summed E-state index contributed by atoms with van der Waals surface area (Å²) in [7, 11) is 0. The Bertz CT molecular complexity index is 613. The van der Waals surface area contributed by atoms with Crippen LogP contribution < -0.4 is 0 Å². The summed E-state index contributed by atoms with van der Waals surface area (Å²) in [5, 5.41) is 28.2. The van der Waals surface area contributed by atoms with Crippen LogP contribution in [0.5, 0.6) is 0 Å². The smallest absolute Gasteiger partial charge is 0.191 e. The molecule has 1 saturated carbocycles. The lowest BCUT2D eigenvalue weighted by Crippen LogP contribution is -2.05. The number of halogens is 1. The average molecular weight is 309 g/mol. The van der Waals surface area contributed by atoms with E-state index in [1.54, 1.807) is 12.1 Å². The first-order valence-corrected chi connectivity index (χ1v) is 7.78. The minimum Gasteiger partial charge on any atom is -0.388 e. The zero-order chi connectivity index (χ0) is 14.8. The van der Waals surface area contributed by atoms with Gasteiger partial charge in [0.25, 0.3) is 0 Å². The molecule has 2 N–H and O–H groups in total. The van der Waals surface area contributed by atoms with Crippen LogP contribution in [0.15, 0.2) is 29.4 Å². The van der Waals surface area contributed by atoms with E-state index in [1.165, 1.54) is 23.9 Å². The third kappa shape index (κ3) is 3.25. The minimum atomic E-state index is -0.697. The molecule has 0 saturated heterocycles. The van der Waals surface area contributed by atoms with Gasteiger partial charge in [-0.25, -0.2) is 4.39 Å². The average Bonchev–Trinajstić information content (AvgIpc) is 3.25. The summed E-state index contributed by atoms with van der Waals surface area (Å²) in [5.74, 6) is 0.651. The molecule has 1 fully saturated rings. The lowest BCUT2D eigenvalue weighted by Gasteiger charge is -2.11. The van der Waals surface area contributed by atoms with Crippen molar-refractivity contribution in [1.82, 2.24) is 14.8 Å². The van der Waals surface area contributed by atoms with Crippen molar-refractivity contribution in [2.24, 2.45) is 0 Å². The van der Waals surface area contributed by atoms with Gasteiger partial charge in [-0.3, -0.25) is 0 Å². The van der Waals surface area contributed by atoms with Crippen molar-refractivity contribution in [3.05, 3.63) is 41.5 Å². The molecule has 1 aliphatic carbocycles. The van der Waals surface area contributed by atoms with Gasteiger partial charge in [-0.1, -0.05) is 23.9 Å². The molecule has 7 heteroatoms. The summed E-state index contributed by atoms with van der Waals surface area (Å²) in [4.78, 5) is 0. The number of thioether (sulfide) groups is 1. The molecule has 0 amide bonds. The van der Waals surface area contributed by atoms with Crippen molar-refractivity contribution in [3.63, 3.8) is 0 Å².